The van der Waals surface area contributed by atoms with E-state index in [0.717, 1.165) is 58.5 Å². The zero-order chi connectivity index (χ0) is 17.6. The topological polar surface area (TPSA) is 36.0 Å². The van der Waals surface area contributed by atoms with Crippen LogP contribution in [0.3, 0.4) is 0 Å². The van der Waals surface area contributed by atoms with E-state index < -0.39 is 0 Å². The molecule has 1 amide bonds. The molecule has 0 aromatic rings. The van der Waals surface area contributed by atoms with Crippen LogP contribution in [0, 0.1) is 0 Å². The Morgan fingerprint density at radius 2 is 2.00 bits per heavy atom. The van der Waals surface area contributed by atoms with Crippen LogP contribution < -0.4 is 0 Å². The SMILES string of the molecule is COCCN1CC[C@]2(CCC1=O)CN(CCC=C(C)C)CCN2C. The zero-order valence-electron chi connectivity index (χ0n) is 16.0. The Hall–Kier alpha value is -0.910. The molecule has 1 spiro atoms. The second kappa shape index (κ2) is 8.97. The number of carbonyl (C=O) groups is 1. The van der Waals surface area contributed by atoms with E-state index >= 15 is 0 Å². The Balaban J connectivity index is 1.98. The smallest absolute Gasteiger partial charge is 0.222 e. The number of carbonyl (C=O) groups excluding carboxylic acids is 1. The Kier molecular flexibility index (Phi) is 7.26. The normalized spacial score (nSPS) is 26.7. The number of amides is 1. The van der Waals surface area contributed by atoms with Gasteiger partial charge in [-0.2, -0.15) is 0 Å². The molecule has 2 aliphatic heterocycles. The second-order valence-corrected chi connectivity index (χ2v) is 7.62. The van der Waals surface area contributed by atoms with Gasteiger partial charge in [0.15, 0.2) is 0 Å². The highest BCUT2D eigenvalue weighted by atomic mass is 16.5. The summed E-state index contributed by atoms with van der Waals surface area (Å²) in [5, 5.41) is 0. The van der Waals surface area contributed by atoms with Gasteiger partial charge in [0.2, 0.25) is 5.91 Å². The second-order valence-electron chi connectivity index (χ2n) is 7.62. The molecule has 0 bridgehead atoms. The van der Waals surface area contributed by atoms with E-state index in [-0.39, 0.29) is 5.54 Å². The molecule has 1 atom stereocenters. The van der Waals surface area contributed by atoms with Crippen molar-refractivity contribution in [3.05, 3.63) is 11.6 Å². The minimum absolute atomic E-state index is 0.153. The number of hydrogen-bond donors (Lipinski definition) is 0. The van der Waals surface area contributed by atoms with E-state index in [0.29, 0.717) is 18.9 Å². The number of allylic oxidation sites excluding steroid dienone is 1. The molecular formula is C19H35N3O2. The van der Waals surface area contributed by atoms with Crippen LogP contribution in [0.15, 0.2) is 11.6 Å². The van der Waals surface area contributed by atoms with Gasteiger partial charge in [0.1, 0.15) is 0 Å². The van der Waals surface area contributed by atoms with Crippen LogP contribution in [0.4, 0.5) is 0 Å². The number of rotatable bonds is 6. The summed E-state index contributed by atoms with van der Waals surface area (Å²) in [6.45, 7) is 11.0. The number of likely N-dealkylation sites (N-methyl/N-ethyl adjacent to an activating group) is 1. The highest BCUT2D eigenvalue weighted by Gasteiger charge is 2.41. The third-order valence-corrected chi connectivity index (χ3v) is 5.65. The van der Waals surface area contributed by atoms with Crippen molar-refractivity contribution in [2.45, 2.75) is 45.1 Å². The lowest BCUT2D eigenvalue weighted by molar-refractivity contribution is -0.131. The molecule has 0 aromatic carbocycles. The molecule has 0 aliphatic carbocycles. The summed E-state index contributed by atoms with van der Waals surface area (Å²) in [4.78, 5) is 19.5. The highest BCUT2D eigenvalue weighted by Crippen LogP contribution is 2.32. The van der Waals surface area contributed by atoms with Crippen LogP contribution in [0.25, 0.3) is 0 Å². The fourth-order valence-electron chi connectivity index (χ4n) is 3.94. The first-order valence-corrected chi connectivity index (χ1v) is 9.30. The summed E-state index contributed by atoms with van der Waals surface area (Å²) < 4.78 is 5.15. The molecule has 2 rings (SSSR count). The maximum atomic E-state index is 12.4. The Morgan fingerprint density at radius 3 is 2.71 bits per heavy atom. The Bertz CT molecular complexity index is 448. The van der Waals surface area contributed by atoms with Crippen LogP contribution in [0.2, 0.25) is 0 Å². The summed E-state index contributed by atoms with van der Waals surface area (Å²) >= 11 is 0. The van der Waals surface area contributed by atoms with Gasteiger partial charge in [0.25, 0.3) is 0 Å². The molecular weight excluding hydrogens is 302 g/mol. The molecule has 2 fully saturated rings. The standard InChI is InChI=1S/C19H35N3O2/c1-17(2)6-5-10-21-13-12-20(3)19(16-21)8-7-18(23)22(11-9-19)14-15-24-4/h6H,5,7-16H2,1-4H3/t19-/m1/s1. The molecule has 24 heavy (non-hydrogen) atoms. The lowest BCUT2D eigenvalue weighted by Gasteiger charge is -2.49. The van der Waals surface area contributed by atoms with Crippen molar-refractivity contribution in [1.82, 2.24) is 14.7 Å². The van der Waals surface area contributed by atoms with E-state index in [4.69, 9.17) is 4.74 Å². The summed E-state index contributed by atoms with van der Waals surface area (Å²) in [6.07, 6.45) is 6.16. The van der Waals surface area contributed by atoms with Gasteiger partial charge in [0.05, 0.1) is 6.61 Å². The third-order valence-electron chi connectivity index (χ3n) is 5.65. The van der Waals surface area contributed by atoms with Crippen molar-refractivity contribution in [2.75, 3.05) is 60.0 Å². The Morgan fingerprint density at radius 1 is 1.21 bits per heavy atom. The first kappa shape index (κ1) is 19.4. The van der Waals surface area contributed by atoms with Crippen LogP contribution in [0.5, 0.6) is 0 Å². The summed E-state index contributed by atoms with van der Waals surface area (Å²) in [5.74, 6) is 0.291. The lowest BCUT2D eigenvalue weighted by Crippen LogP contribution is -2.61. The molecule has 0 aromatic heterocycles. The fraction of sp³-hybridized carbons (Fsp3) is 0.842. The molecule has 138 valence electrons. The monoisotopic (exact) mass is 337 g/mol. The van der Waals surface area contributed by atoms with Gasteiger partial charge >= 0.3 is 0 Å². The predicted octanol–water partition coefficient (Wildman–Crippen LogP) is 1.99. The van der Waals surface area contributed by atoms with Gasteiger partial charge in [-0.3, -0.25) is 14.6 Å². The number of methoxy groups -OCH3 is 1. The maximum Gasteiger partial charge on any atom is 0.222 e. The van der Waals surface area contributed by atoms with Crippen molar-refractivity contribution < 1.29 is 9.53 Å². The van der Waals surface area contributed by atoms with Crippen molar-refractivity contribution in [1.29, 1.82) is 0 Å². The average Bonchev–Trinajstić information content (AvgIpc) is 2.70. The fourth-order valence-corrected chi connectivity index (χ4v) is 3.94. The molecule has 0 radical (unpaired) electrons. The number of hydrogen-bond acceptors (Lipinski definition) is 4. The predicted molar refractivity (Wildman–Crippen MR) is 98.2 cm³/mol. The summed E-state index contributed by atoms with van der Waals surface area (Å²) in [7, 11) is 3.94. The lowest BCUT2D eigenvalue weighted by atomic mass is 9.86. The molecule has 5 heteroatoms. The van der Waals surface area contributed by atoms with Crippen LogP contribution in [-0.4, -0.2) is 86.2 Å². The van der Waals surface area contributed by atoms with Gasteiger partial charge in [-0.1, -0.05) is 11.6 Å². The van der Waals surface area contributed by atoms with Crippen molar-refractivity contribution in [3.8, 4) is 0 Å². The highest BCUT2D eigenvalue weighted by molar-refractivity contribution is 5.76. The van der Waals surface area contributed by atoms with Gasteiger partial charge in [-0.15, -0.1) is 0 Å². The van der Waals surface area contributed by atoms with E-state index in [1.165, 1.54) is 5.57 Å². The molecule has 0 N–H and O–H groups in total. The molecule has 2 heterocycles. The summed E-state index contributed by atoms with van der Waals surface area (Å²) in [6, 6.07) is 0. The van der Waals surface area contributed by atoms with E-state index in [2.05, 4.69) is 36.8 Å². The van der Waals surface area contributed by atoms with E-state index in [9.17, 15) is 4.79 Å². The third kappa shape index (κ3) is 5.04. The minimum Gasteiger partial charge on any atom is -0.383 e. The van der Waals surface area contributed by atoms with Gasteiger partial charge < -0.3 is 9.64 Å². The quantitative estimate of drug-likeness (QED) is 0.695. The molecule has 2 saturated heterocycles. The van der Waals surface area contributed by atoms with Crippen LogP contribution >= 0.6 is 0 Å². The van der Waals surface area contributed by atoms with E-state index in [1.54, 1.807) is 7.11 Å². The van der Waals surface area contributed by atoms with Crippen molar-refractivity contribution in [3.63, 3.8) is 0 Å². The number of likely N-dealkylation sites (tertiary alicyclic amines) is 1. The molecule has 2 aliphatic rings. The maximum absolute atomic E-state index is 12.4. The van der Waals surface area contributed by atoms with Crippen molar-refractivity contribution in [2.24, 2.45) is 0 Å². The molecule has 0 saturated carbocycles. The minimum atomic E-state index is 0.153. The van der Waals surface area contributed by atoms with Gasteiger partial charge in [0, 0.05) is 58.3 Å². The first-order valence-electron chi connectivity index (χ1n) is 9.30. The number of ether oxygens (including phenoxy) is 1. The first-order chi connectivity index (χ1) is 11.5. The number of nitrogens with zero attached hydrogens (tertiary/aromatic N) is 3. The average molecular weight is 338 g/mol. The van der Waals surface area contributed by atoms with Crippen LogP contribution in [0.1, 0.15) is 39.5 Å². The zero-order valence-corrected chi connectivity index (χ0v) is 16.0. The van der Waals surface area contributed by atoms with Crippen LogP contribution in [-0.2, 0) is 9.53 Å². The summed E-state index contributed by atoms with van der Waals surface area (Å²) in [5.41, 5.74) is 1.55. The number of piperazine rings is 1. The van der Waals surface area contributed by atoms with Crippen molar-refractivity contribution >= 4 is 5.91 Å². The van der Waals surface area contributed by atoms with E-state index in [1.807, 2.05) is 4.90 Å². The molecule has 5 nitrogen and oxygen atoms in total. The van der Waals surface area contributed by atoms with Gasteiger partial charge in [-0.25, -0.2) is 0 Å². The largest absolute Gasteiger partial charge is 0.383 e. The molecule has 0 unspecified atom stereocenters. The van der Waals surface area contributed by atoms with Gasteiger partial charge in [-0.05, 0) is 40.2 Å². The Labute approximate surface area is 147 Å².